The molecule has 0 aliphatic carbocycles. The summed E-state index contributed by atoms with van der Waals surface area (Å²) in [6, 6.07) is 20.2. The van der Waals surface area contributed by atoms with Crippen molar-refractivity contribution in [3.63, 3.8) is 0 Å². The first kappa shape index (κ1) is 23.9. The largest absolute Gasteiger partial charge is 0.391 e. The number of rotatable bonds is 8. The van der Waals surface area contributed by atoms with Gasteiger partial charge in [0.05, 0.1) is 24.4 Å². The average molecular weight is 519 g/mol. The molecule has 0 aliphatic heterocycles. The van der Waals surface area contributed by atoms with Crippen molar-refractivity contribution in [2.24, 2.45) is 4.99 Å². The Hall–Kier alpha value is -2.39. The summed E-state index contributed by atoms with van der Waals surface area (Å²) in [6.45, 7) is 5.21. The lowest BCUT2D eigenvalue weighted by Crippen LogP contribution is -2.39. The van der Waals surface area contributed by atoms with Gasteiger partial charge in [0, 0.05) is 25.4 Å². The van der Waals surface area contributed by atoms with Crippen LogP contribution in [0.4, 0.5) is 0 Å². The van der Waals surface area contributed by atoms with Gasteiger partial charge in [-0.15, -0.1) is 24.0 Å². The molecule has 3 N–H and O–H groups in total. The summed E-state index contributed by atoms with van der Waals surface area (Å²) in [5.74, 6) is 0.691. The Morgan fingerprint density at radius 2 is 1.93 bits per heavy atom. The molecule has 1 heterocycles. The maximum absolute atomic E-state index is 10.3. The van der Waals surface area contributed by atoms with Gasteiger partial charge in [-0.1, -0.05) is 42.5 Å². The van der Waals surface area contributed by atoms with E-state index in [-0.39, 0.29) is 30.0 Å². The smallest absolute Gasteiger partial charge is 0.191 e. The maximum atomic E-state index is 10.3. The number of aliphatic hydroxyl groups excluding tert-OH is 1. The van der Waals surface area contributed by atoms with Gasteiger partial charge in [0.15, 0.2) is 5.96 Å². The summed E-state index contributed by atoms with van der Waals surface area (Å²) in [6.07, 6.45) is 3.76. The molecule has 2 unspecified atom stereocenters. The molecule has 0 bridgehead atoms. The Morgan fingerprint density at radius 3 is 2.63 bits per heavy atom. The highest BCUT2D eigenvalue weighted by molar-refractivity contribution is 14.0. The standard InChI is InChI=1S/C23H29N5O.HI/c1-3-24-23(25-17-22(29)15-19-9-5-4-6-10-19)27-18(2)20-11-7-12-21(16-20)28-14-8-13-26-28;/h4-14,16,18,22,29H,3,15,17H2,1-2H3,(H2,24,25,27);1H. The van der Waals surface area contributed by atoms with E-state index in [0.29, 0.717) is 18.9 Å². The number of benzene rings is 2. The molecule has 2 aromatic carbocycles. The summed E-state index contributed by atoms with van der Waals surface area (Å²) in [5, 5.41) is 21.3. The summed E-state index contributed by atoms with van der Waals surface area (Å²) in [5.41, 5.74) is 3.26. The highest BCUT2D eigenvalue weighted by Crippen LogP contribution is 2.16. The summed E-state index contributed by atoms with van der Waals surface area (Å²) < 4.78 is 1.84. The van der Waals surface area contributed by atoms with E-state index in [2.05, 4.69) is 39.8 Å². The number of halogens is 1. The van der Waals surface area contributed by atoms with Crippen LogP contribution < -0.4 is 10.6 Å². The van der Waals surface area contributed by atoms with Gasteiger partial charge in [-0.2, -0.15) is 5.10 Å². The fourth-order valence-corrected chi connectivity index (χ4v) is 3.11. The molecule has 0 aliphatic rings. The quantitative estimate of drug-likeness (QED) is 0.241. The van der Waals surface area contributed by atoms with E-state index in [9.17, 15) is 5.11 Å². The topological polar surface area (TPSA) is 74.5 Å². The fraction of sp³-hybridized carbons (Fsp3) is 0.304. The van der Waals surface area contributed by atoms with E-state index in [1.54, 1.807) is 6.20 Å². The molecule has 2 atom stereocenters. The van der Waals surface area contributed by atoms with Crippen LogP contribution in [-0.2, 0) is 6.42 Å². The SMILES string of the molecule is CCNC(=NCC(O)Cc1ccccc1)NC(C)c1cccc(-n2cccn2)c1.I. The number of hydrogen-bond acceptors (Lipinski definition) is 3. The van der Waals surface area contributed by atoms with Gasteiger partial charge in [0.25, 0.3) is 0 Å². The van der Waals surface area contributed by atoms with Crippen LogP contribution in [-0.4, -0.2) is 40.0 Å². The minimum absolute atomic E-state index is 0. The van der Waals surface area contributed by atoms with Crippen molar-refractivity contribution >= 4 is 29.9 Å². The molecule has 0 spiro atoms. The van der Waals surface area contributed by atoms with E-state index < -0.39 is 6.10 Å². The minimum atomic E-state index is -0.522. The Bertz CT molecular complexity index is 899. The summed E-state index contributed by atoms with van der Waals surface area (Å²) >= 11 is 0. The molecule has 7 heteroatoms. The van der Waals surface area contributed by atoms with Gasteiger partial charge in [-0.25, -0.2) is 4.68 Å². The van der Waals surface area contributed by atoms with Crippen molar-refractivity contribution in [3.05, 3.63) is 84.2 Å². The van der Waals surface area contributed by atoms with Crippen LogP contribution in [0.1, 0.15) is 31.0 Å². The zero-order valence-electron chi connectivity index (χ0n) is 17.4. The zero-order chi connectivity index (χ0) is 20.5. The third kappa shape index (κ3) is 7.14. The van der Waals surface area contributed by atoms with Crippen LogP contribution in [0.15, 0.2) is 78.0 Å². The Morgan fingerprint density at radius 1 is 1.13 bits per heavy atom. The normalized spacial score (nSPS) is 13.2. The van der Waals surface area contributed by atoms with E-state index >= 15 is 0 Å². The molecular weight excluding hydrogens is 489 g/mol. The second-order valence-electron chi connectivity index (χ2n) is 6.97. The van der Waals surface area contributed by atoms with Crippen LogP contribution in [0.5, 0.6) is 0 Å². The van der Waals surface area contributed by atoms with Crippen LogP contribution in [0.3, 0.4) is 0 Å². The molecule has 6 nitrogen and oxygen atoms in total. The second-order valence-corrected chi connectivity index (χ2v) is 6.97. The molecule has 0 radical (unpaired) electrons. The average Bonchev–Trinajstić information content (AvgIpc) is 3.28. The van der Waals surface area contributed by atoms with Crippen molar-refractivity contribution in [3.8, 4) is 5.69 Å². The monoisotopic (exact) mass is 519 g/mol. The molecule has 3 rings (SSSR count). The summed E-state index contributed by atoms with van der Waals surface area (Å²) in [4.78, 5) is 4.57. The van der Waals surface area contributed by atoms with Crippen LogP contribution in [0.2, 0.25) is 0 Å². The molecule has 0 fully saturated rings. The fourth-order valence-electron chi connectivity index (χ4n) is 3.11. The first-order valence-corrected chi connectivity index (χ1v) is 10.0. The number of aliphatic imine (C=N–C) groups is 1. The van der Waals surface area contributed by atoms with E-state index in [0.717, 1.165) is 23.4 Å². The van der Waals surface area contributed by atoms with E-state index in [4.69, 9.17) is 0 Å². The first-order chi connectivity index (χ1) is 14.2. The van der Waals surface area contributed by atoms with E-state index in [1.165, 1.54) is 0 Å². The molecule has 160 valence electrons. The number of nitrogens with zero attached hydrogens (tertiary/aromatic N) is 3. The number of nitrogens with one attached hydrogen (secondary N) is 2. The Kier molecular flexibility index (Phi) is 9.82. The van der Waals surface area contributed by atoms with Crippen molar-refractivity contribution < 1.29 is 5.11 Å². The highest BCUT2D eigenvalue weighted by Gasteiger charge is 2.11. The van der Waals surface area contributed by atoms with Crippen molar-refractivity contribution in [2.45, 2.75) is 32.4 Å². The number of aliphatic hydroxyl groups is 1. The van der Waals surface area contributed by atoms with Gasteiger partial charge in [-0.05, 0) is 43.2 Å². The molecule has 0 amide bonds. The van der Waals surface area contributed by atoms with Gasteiger partial charge >= 0.3 is 0 Å². The summed E-state index contributed by atoms with van der Waals surface area (Å²) in [7, 11) is 0. The number of aromatic nitrogens is 2. The lowest BCUT2D eigenvalue weighted by molar-refractivity contribution is 0.183. The van der Waals surface area contributed by atoms with Gasteiger partial charge in [0.2, 0.25) is 0 Å². The molecule has 0 saturated carbocycles. The lowest BCUT2D eigenvalue weighted by Gasteiger charge is -2.19. The van der Waals surface area contributed by atoms with Crippen LogP contribution in [0, 0.1) is 0 Å². The molecule has 0 saturated heterocycles. The lowest BCUT2D eigenvalue weighted by atomic mass is 10.1. The number of guanidine groups is 1. The van der Waals surface area contributed by atoms with Crippen molar-refractivity contribution in [1.29, 1.82) is 0 Å². The Balaban J connectivity index is 0.00000320. The maximum Gasteiger partial charge on any atom is 0.191 e. The molecule has 1 aromatic heterocycles. The second kappa shape index (κ2) is 12.3. The molecular formula is C23H30IN5O. The third-order valence-corrected chi connectivity index (χ3v) is 4.61. The predicted octanol–water partition coefficient (Wildman–Crippen LogP) is 3.71. The van der Waals surface area contributed by atoms with Gasteiger partial charge < -0.3 is 15.7 Å². The number of hydrogen-bond donors (Lipinski definition) is 3. The van der Waals surface area contributed by atoms with E-state index in [1.807, 2.05) is 66.3 Å². The van der Waals surface area contributed by atoms with Crippen molar-refractivity contribution in [1.82, 2.24) is 20.4 Å². The molecule has 3 aromatic rings. The molecule has 30 heavy (non-hydrogen) atoms. The van der Waals surface area contributed by atoms with Crippen LogP contribution >= 0.6 is 24.0 Å². The first-order valence-electron chi connectivity index (χ1n) is 10.0. The highest BCUT2D eigenvalue weighted by atomic mass is 127. The van der Waals surface area contributed by atoms with Gasteiger partial charge in [0.1, 0.15) is 0 Å². The minimum Gasteiger partial charge on any atom is -0.391 e. The zero-order valence-corrected chi connectivity index (χ0v) is 19.7. The Labute approximate surface area is 195 Å². The van der Waals surface area contributed by atoms with Gasteiger partial charge in [-0.3, -0.25) is 4.99 Å². The van der Waals surface area contributed by atoms with Crippen LogP contribution in [0.25, 0.3) is 5.69 Å². The third-order valence-electron chi connectivity index (χ3n) is 4.61. The van der Waals surface area contributed by atoms with Crippen molar-refractivity contribution in [2.75, 3.05) is 13.1 Å². The predicted molar refractivity (Wildman–Crippen MR) is 133 cm³/mol.